The third kappa shape index (κ3) is 18.8. The van der Waals surface area contributed by atoms with Crippen LogP contribution in [0.3, 0.4) is 0 Å². The molecular weight excluding hydrogens is 961 g/mol. The zero-order valence-electron chi connectivity index (χ0n) is 49.3. The molecule has 0 radical (unpaired) electrons. The van der Waals surface area contributed by atoms with E-state index in [0.29, 0.717) is 78.3 Å². The number of fused-ring (bicyclic) bond motifs is 8. The predicted molar refractivity (Wildman–Crippen MR) is 322 cm³/mol. The van der Waals surface area contributed by atoms with Crippen molar-refractivity contribution < 1.29 is 18.9 Å². The molecule has 0 spiro atoms. The quantitative estimate of drug-likeness (QED) is 0.0184. The highest BCUT2D eigenvalue weighted by molar-refractivity contribution is 5.76. The second kappa shape index (κ2) is 27.4. The van der Waals surface area contributed by atoms with Gasteiger partial charge in [-0.25, -0.2) is 0 Å². The molecule has 4 aromatic carbocycles. The minimum absolute atomic E-state index is 0.0911. The van der Waals surface area contributed by atoms with Crippen molar-refractivity contribution in [3.8, 4) is 23.0 Å². The van der Waals surface area contributed by atoms with Gasteiger partial charge in [0.05, 0.1) is 26.4 Å². The molecule has 0 amide bonds. The van der Waals surface area contributed by atoms with Crippen molar-refractivity contribution in [2.45, 2.75) is 182 Å². The van der Waals surface area contributed by atoms with Crippen LogP contribution < -0.4 is 59.1 Å². The van der Waals surface area contributed by atoms with E-state index in [1.54, 1.807) is 0 Å². The van der Waals surface area contributed by atoms with Gasteiger partial charge in [-0.05, 0) is 146 Å². The molecule has 77 heavy (non-hydrogen) atoms. The van der Waals surface area contributed by atoms with E-state index in [0.717, 1.165) is 119 Å². The monoisotopic (exact) mass is 1060 g/mol. The van der Waals surface area contributed by atoms with Gasteiger partial charge in [0, 0.05) is 45.3 Å². The minimum atomic E-state index is -0.197. The summed E-state index contributed by atoms with van der Waals surface area (Å²) in [5, 5.41) is 0. The summed E-state index contributed by atoms with van der Waals surface area (Å²) < 4.78 is 28.6. The topological polar surface area (TPSA) is 256 Å². The summed E-state index contributed by atoms with van der Waals surface area (Å²) in [7, 11) is 0. The smallest absolute Gasteiger partial charge is 0.185 e. The lowest BCUT2D eigenvalue weighted by molar-refractivity contribution is 0.295. The number of hydrogen-bond donors (Lipinski definition) is 7. The Hall–Kier alpha value is -6.15. The summed E-state index contributed by atoms with van der Waals surface area (Å²) in [6.45, 7) is 31.6. The fourth-order valence-corrected chi connectivity index (χ4v) is 9.57. The average Bonchev–Trinajstić information content (AvgIpc) is 3.32. The van der Waals surface area contributed by atoms with Gasteiger partial charge in [-0.3, -0.25) is 15.0 Å². The van der Waals surface area contributed by atoms with Gasteiger partial charge in [-0.1, -0.05) is 132 Å². The largest absolute Gasteiger partial charge is 0.493 e. The number of nitrogens with zero attached hydrogens (tertiary/aromatic N) is 3. The molecule has 4 aromatic rings. The van der Waals surface area contributed by atoms with Gasteiger partial charge in [-0.15, -0.1) is 0 Å². The molecule has 0 heterocycles. The Balaban J connectivity index is 1.94. The Bertz CT molecular complexity index is 2520. The second-order valence-electron chi connectivity index (χ2n) is 25.1. The van der Waals surface area contributed by atoms with Crippen LogP contribution in [0, 0.1) is 0 Å². The highest BCUT2D eigenvalue weighted by Crippen LogP contribution is 2.44. The molecule has 0 atom stereocenters. The molecule has 14 heteroatoms. The molecule has 0 unspecified atom stereocenters. The van der Waals surface area contributed by atoms with E-state index in [9.17, 15) is 0 Å². The van der Waals surface area contributed by atoms with Crippen LogP contribution in [0.15, 0.2) is 63.5 Å². The summed E-state index contributed by atoms with van der Waals surface area (Å²) in [5.41, 5.74) is 53.3. The highest BCUT2D eigenvalue weighted by atomic mass is 16.5. The third-order valence-corrected chi connectivity index (χ3v) is 14.1. The summed E-state index contributed by atoms with van der Waals surface area (Å²) in [6.07, 6.45) is 8.58. The van der Waals surface area contributed by atoms with Crippen LogP contribution in [0.2, 0.25) is 0 Å². The summed E-state index contributed by atoms with van der Waals surface area (Å²) in [6, 6.07) is 18.9. The zero-order chi connectivity index (χ0) is 56.7. The molecule has 8 bridgehead atoms. The first kappa shape index (κ1) is 61.7. The molecule has 0 aromatic heterocycles. The SMILES string of the molecule is CC(C)(C)c1cc2c(OCCCCN)c(c1)Cc1cc(C(C)(C)C)cc(c1OCCCCN=C(N)N)Cc1cc(C(C)(C)C)cc(c1OCCCCN=C(N)N)Cc1cc(C(C)(C)C)cc(c1OCCCCN=C(N)N)C2. The number of ether oxygens (including phenoxy) is 4. The first-order valence-electron chi connectivity index (χ1n) is 28.2. The van der Waals surface area contributed by atoms with Crippen molar-refractivity contribution in [1.82, 2.24) is 0 Å². The molecule has 0 saturated carbocycles. The highest BCUT2D eigenvalue weighted by Gasteiger charge is 2.29. The normalized spacial score (nSPS) is 12.9. The molecule has 14 N–H and O–H groups in total. The number of hydrogen-bond acceptors (Lipinski definition) is 8. The van der Waals surface area contributed by atoms with Crippen molar-refractivity contribution in [3.05, 3.63) is 115 Å². The molecule has 0 fully saturated rings. The van der Waals surface area contributed by atoms with Crippen molar-refractivity contribution in [1.29, 1.82) is 0 Å². The van der Waals surface area contributed by atoms with Crippen molar-refractivity contribution in [3.63, 3.8) is 0 Å². The van der Waals surface area contributed by atoms with Gasteiger partial charge in [0.25, 0.3) is 0 Å². The van der Waals surface area contributed by atoms with Gasteiger partial charge < -0.3 is 59.1 Å². The molecular formula is C63H98N10O4. The van der Waals surface area contributed by atoms with Crippen LogP contribution >= 0.6 is 0 Å². The second-order valence-corrected chi connectivity index (χ2v) is 25.1. The van der Waals surface area contributed by atoms with E-state index in [1.165, 1.54) is 22.3 Å². The van der Waals surface area contributed by atoms with E-state index < -0.39 is 0 Å². The van der Waals surface area contributed by atoms with E-state index >= 15 is 0 Å². The van der Waals surface area contributed by atoms with Crippen molar-refractivity contribution >= 4 is 17.9 Å². The minimum Gasteiger partial charge on any atom is -0.493 e. The van der Waals surface area contributed by atoms with Crippen molar-refractivity contribution in [2.75, 3.05) is 52.6 Å². The van der Waals surface area contributed by atoms with E-state index in [2.05, 4.69) is 147 Å². The Morgan fingerprint density at radius 3 is 0.701 bits per heavy atom. The predicted octanol–water partition coefficient (Wildman–Crippen LogP) is 9.97. The first-order valence-corrected chi connectivity index (χ1v) is 28.2. The number of benzene rings is 4. The van der Waals surface area contributed by atoms with Gasteiger partial charge in [-0.2, -0.15) is 0 Å². The first-order chi connectivity index (χ1) is 36.1. The van der Waals surface area contributed by atoms with E-state index in [4.69, 9.17) is 59.1 Å². The van der Waals surface area contributed by atoms with E-state index in [1.807, 2.05) is 0 Å². The molecule has 0 saturated heterocycles. The van der Waals surface area contributed by atoms with Crippen molar-refractivity contribution in [2.24, 2.45) is 55.1 Å². The number of aliphatic imine (C=N–C) groups is 3. The molecule has 0 aliphatic heterocycles. The van der Waals surface area contributed by atoms with Crippen LogP contribution in [-0.4, -0.2) is 70.5 Å². The number of unbranched alkanes of at least 4 members (excludes halogenated alkanes) is 4. The Morgan fingerprint density at radius 1 is 0.338 bits per heavy atom. The fraction of sp³-hybridized carbons (Fsp3) is 0.571. The Kier molecular flexibility index (Phi) is 22.0. The Morgan fingerprint density at radius 2 is 0.532 bits per heavy atom. The van der Waals surface area contributed by atoms with Crippen LogP contribution in [0.1, 0.15) is 201 Å². The number of rotatable bonds is 23. The third-order valence-electron chi connectivity index (χ3n) is 14.1. The standard InChI is InChI=1S/C63H98N10O4/c1-60(2,3)49-33-41-29-43-35-50(61(4,5)6)37-45(54(43)75-26-18-14-22-71-57(65)66)31-47-39-52(63(10,11)12)40-48(56(47)77-28-20-16-24-73-59(69)70)32-46-38-51(62(7,8)9)36-44(55(46)76-27-19-15-23-72-58(67)68)30-42(34-49)53(41)74-25-17-13-21-64/h33-40H,13-32,64H2,1-12H3,(H4,65,66,71)(H4,67,68,72)(H4,69,70,73). The lowest BCUT2D eigenvalue weighted by Crippen LogP contribution is -2.23. The molecule has 1 aliphatic carbocycles. The lowest BCUT2D eigenvalue weighted by atomic mass is 9.79. The molecule has 14 nitrogen and oxygen atoms in total. The van der Waals surface area contributed by atoms with Crippen LogP contribution in [-0.2, 0) is 47.3 Å². The van der Waals surface area contributed by atoms with Crippen LogP contribution in [0.25, 0.3) is 0 Å². The number of guanidine groups is 3. The van der Waals surface area contributed by atoms with Gasteiger partial charge in [0.2, 0.25) is 0 Å². The lowest BCUT2D eigenvalue weighted by Gasteiger charge is -2.29. The maximum atomic E-state index is 7.16. The summed E-state index contributed by atoms with van der Waals surface area (Å²) in [4.78, 5) is 12.8. The Labute approximate surface area is 462 Å². The number of nitrogens with two attached hydrogens (primary N) is 7. The zero-order valence-corrected chi connectivity index (χ0v) is 49.3. The van der Waals surface area contributed by atoms with Crippen LogP contribution in [0.4, 0.5) is 0 Å². The fourth-order valence-electron chi connectivity index (χ4n) is 9.57. The van der Waals surface area contributed by atoms with Crippen LogP contribution in [0.5, 0.6) is 23.0 Å². The maximum Gasteiger partial charge on any atom is 0.185 e. The summed E-state index contributed by atoms with van der Waals surface area (Å²) in [5.74, 6) is 3.81. The maximum absolute atomic E-state index is 7.16. The molecule has 424 valence electrons. The average molecular weight is 1060 g/mol. The van der Waals surface area contributed by atoms with Gasteiger partial charge >= 0.3 is 0 Å². The van der Waals surface area contributed by atoms with Gasteiger partial charge in [0.15, 0.2) is 17.9 Å². The molecule has 5 rings (SSSR count). The molecule has 1 aliphatic rings. The summed E-state index contributed by atoms with van der Waals surface area (Å²) >= 11 is 0. The van der Waals surface area contributed by atoms with E-state index in [-0.39, 0.29) is 39.5 Å². The van der Waals surface area contributed by atoms with Gasteiger partial charge in [0.1, 0.15) is 23.0 Å².